The molecule has 0 N–H and O–H groups in total. The summed E-state index contributed by atoms with van der Waals surface area (Å²) in [4.78, 5) is 24.0. The molecular formula is C11H15NO4. The molecule has 1 atom stereocenters. The van der Waals surface area contributed by atoms with Crippen molar-refractivity contribution in [3.05, 3.63) is 12.3 Å². The van der Waals surface area contributed by atoms with E-state index in [1.54, 1.807) is 0 Å². The van der Waals surface area contributed by atoms with Crippen LogP contribution in [0.1, 0.15) is 20.3 Å². The first-order valence-electron chi connectivity index (χ1n) is 5.28. The van der Waals surface area contributed by atoms with Gasteiger partial charge in [-0.15, -0.1) is 0 Å². The Bertz CT molecular complexity index is 348. The summed E-state index contributed by atoms with van der Waals surface area (Å²) >= 11 is 0. The number of ketones is 1. The van der Waals surface area contributed by atoms with E-state index in [4.69, 9.17) is 9.47 Å². The van der Waals surface area contributed by atoms with E-state index in [0.717, 1.165) is 0 Å². The fraction of sp³-hybridized carbons (Fsp3) is 0.636. The van der Waals surface area contributed by atoms with E-state index in [1.807, 2.05) is 13.8 Å². The maximum absolute atomic E-state index is 11.5. The highest BCUT2D eigenvalue weighted by Gasteiger charge is 2.34. The zero-order chi connectivity index (χ0) is 11.8. The average molecular weight is 225 g/mol. The highest BCUT2D eigenvalue weighted by molar-refractivity contribution is 6.06. The zero-order valence-electron chi connectivity index (χ0n) is 9.43. The van der Waals surface area contributed by atoms with E-state index in [1.165, 1.54) is 17.2 Å². The number of allylic oxidation sites excluding steroid dienone is 1. The minimum atomic E-state index is -0.580. The number of carbonyl (C=O) groups is 2. The van der Waals surface area contributed by atoms with Crippen LogP contribution in [0.3, 0.4) is 0 Å². The molecule has 16 heavy (non-hydrogen) atoms. The second kappa shape index (κ2) is 3.99. The first-order chi connectivity index (χ1) is 7.46. The van der Waals surface area contributed by atoms with Crippen LogP contribution in [0.15, 0.2) is 12.3 Å². The monoisotopic (exact) mass is 225 g/mol. The fourth-order valence-corrected chi connectivity index (χ4v) is 1.80. The van der Waals surface area contributed by atoms with E-state index in [0.29, 0.717) is 13.2 Å². The molecule has 2 rings (SSSR count). The Kier molecular flexibility index (Phi) is 2.82. The van der Waals surface area contributed by atoms with Crippen LogP contribution in [0.5, 0.6) is 0 Å². The summed E-state index contributed by atoms with van der Waals surface area (Å²) in [5.74, 6) is -0.908. The molecule has 0 aromatic carbocycles. The van der Waals surface area contributed by atoms with E-state index in [9.17, 15) is 9.59 Å². The van der Waals surface area contributed by atoms with Crippen molar-refractivity contribution in [1.29, 1.82) is 0 Å². The van der Waals surface area contributed by atoms with Gasteiger partial charge in [0.2, 0.25) is 5.91 Å². The maximum Gasteiger partial charge on any atom is 0.234 e. The van der Waals surface area contributed by atoms with Crippen LogP contribution in [0.2, 0.25) is 0 Å². The number of carbonyl (C=O) groups excluding carboxylic acids is 2. The van der Waals surface area contributed by atoms with Crippen LogP contribution < -0.4 is 0 Å². The number of hydrogen-bond acceptors (Lipinski definition) is 4. The third-order valence-corrected chi connectivity index (χ3v) is 2.55. The van der Waals surface area contributed by atoms with Crippen molar-refractivity contribution >= 4 is 11.7 Å². The Morgan fingerprint density at radius 3 is 2.81 bits per heavy atom. The first-order valence-corrected chi connectivity index (χ1v) is 5.28. The predicted molar refractivity (Wildman–Crippen MR) is 55.4 cm³/mol. The highest BCUT2D eigenvalue weighted by Crippen LogP contribution is 2.23. The number of ether oxygens (including phenoxy) is 2. The highest BCUT2D eigenvalue weighted by atomic mass is 16.7. The third kappa shape index (κ3) is 2.48. The SMILES string of the molecule is CC1(C)OCC(CN2C=CC(=O)CC2=O)O1. The molecule has 88 valence electrons. The Morgan fingerprint density at radius 2 is 2.25 bits per heavy atom. The quantitative estimate of drug-likeness (QED) is 0.640. The van der Waals surface area contributed by atoms with Gasteiger partial charge in [0.1, 0.15) is 6.10 Å². The van der Waals surface area contributed by atoms with Gasteiger partial charge < -0.3 is 14.4 Å². The second-order valence-corrected chi connectivity index (χ2v) is 4.46. The summed E-state index contributed by atoms with van der Waals surface area (Å²) in [6, 6.07) is 0. The fourth-order valence-electron chi connectivity index (χ4n) is 1.80. The van der Waals surface area contributed by atoms with Crippen molar-refractivity contribution in [3.8, 4) is 0 Å². The molecule has 0 bridgehead atoms. The molecular weight excluding hydrogens is 210 g/mol. The third-order valence-electron chi connectivity index (χ3n) is 2.55. The van der Waals surface area contributed by atoms with E-state index in [2.05, 4.69) is 0 Å². The largest absolute Gasteiger partial charge is 0.348 e. The van der Waals surface area contributed by atoms with E-state index < -0.39 is 5.79 Å². The Hall–Kier alpha value is -1.20. The smallest absolute Gasteiger partial charge is 0.234 e. The lowest BCUT2D eigenvalue weighted by molar-refractivity contribution is -0.145. The second-order valence-electron chi connectivity index (χ2n) is 4.46. The Balaban J connectivity index is 1.93. The van der Waals surface area contributed by atoms with Gasteiger partial charge in [-0.2, -0.15) is 0 Å². The molecule has 5 nitrogen and oxygen atoms in total. The summed E-state index contributed by atoms with van der Waals surface area (Å²) in [6.45, 7) is 4.58. The molecule has 0 spiro atoms. The van der Waals surface area contributed by atoms with Gasteiger partial charge in [-0.3, -0.25) is 9.59 Å². The summed E-state index contributed by atoms with van der Waals surface area (Å²) in [7, 11) is 0. The van der Waals surface area contributed by atoms with Crippen molar-refractivity contribution in [2.24, 2.45) is 0 Å². The molecule has 0 saturated carbocycles. The van der Waals surface area contributed by atoms with Gasteiger partial charge in [0.05, 0.1) is 19.6 Å². The van der Waals surface area contributed by atoms with E-state index >= 15 is 0 Å². The number of rotatable bonds is 2. The minimum absolute atomic E-state index is 0.0481. The normalized spacial score (nSPS) is 28.9. The predicted octanol–water partition coefficient (Wildman–Crippen LogP) is 0.453. The number of hydrogen-bond donors (Lipinski definition) is 0. The lowest BCUT2D eigenvalue weighted by Gasteiger charge is -2.24. The summed E-state index contributed by atoms with van der Waals surface area (Å²) in [6.07, 6.45) is 2.76. The van der Waals surface area contributed by atoms with Crippen molar-refractivity contribution < 1.29 is 19.1 Å². The molecule has 2 heterocycles. The van der Waals surface area contributed by atoms with Crippen molar-refractivity contribution in [2.45, 2.75) is 32.2 Å². The molecule has 1 unspecified atom stereocenters. The number of nitrogens with zero attached hydrogens (tertiary/aromatic N) is 1. The van der Waals surface area contributed by atoms with Crippen LogP contribution in [-0.2, 0) is 19.1 Å². The van der Waals surface area contributed by atoms with Gasteiger partial charge in [-0.1, -0.05) is 0 Å². The van der Waals surface area contributed by atoms with Crippen molar-refractivity contribution in [1.82, 2.24) is 4.90 Å². The lowest BCUT2D eigenvalue weighted by atomic mass is 10.2. The van der Waals surface area contributed by atoms with Gasteiger partial charge in [-0.25, -0.2) is 0 Å². The maximum atomic E-state index is 11.5. The molecule has 1 saturated heterocycles. The molecule has 5 heteroatoms. The topological polar surface area (TPSA) is 55.8 Å². The summed E-state index contributed by atoms with van der Waals surface area (Å²) in [5.41, 5.74) is 0. The molecule has 1 fully saturated rings. The zero-order valence-corrected chi connectivity index (χ0v) is 9.43. The minimum Gasteiger partial charge on any atom is -0.348 e. The van der Waals surface area contributed by atoms with Crippen LogP contribution >= 0.6 is 0 Å². The van der Waals surface area contributed by atoms with Crippen LogP contribution in [0.4, 0.5) is 0 Å². The van der Waals surface area contributed by atoms with Crippen molar-refractivity contribution in [2.75, 3.05) is 13.2 Å². The van der Waals surface area contributed by atoms with Crippen LogP contribution in [-0.4, -0.2) is 41.6 Å². The van der Waals surface area contributed by atoms with Crippen LogP contribution in [0, 0.1) is 0 Å². The molecule has 2 aliphatic rings. The summed E-state index contributed by atoms with van der Waals surface area (Å²) in [5, 5.41) is 0. The first kappa shape index (κ1) is 11.3. The van der Waals surface area contributed by atoms with Gasteiger partial charge >= 0.3 is 0 Å². The van der Waals surface area contributed by atoms with Crippen LogP contribution in [0.25, 0.3) is 0 Å². The molecule has 0 aromatic rings. The molecule has 0 aromatic heterocycles. The molecule has 1 amide bonds. The van der Waals surface area contributed by atoms with Crippen molar-refractivity contribution in [3.63, 3.8) is 0 Å². The molecule has 0 radical (unpaired) electrons. The Labute approximate surface area is 94.0 Å². The van der Waals surface area contributed by atoms with Gasteiger partial charge in [0.15, 0.2) is 11.6 Å². The number of amides is 1. The molecule has 0 aliphatic carbocycles. The Morgan fingerprint density at radius 1 is 1.50 bits per heavy atom. The van der Waals surface area contributed by atoms with Gasteiger partial charge in [0, 0.05) is 6.20 Å². The van der Waals surface area contributed by atoms with Gasteiger partial charge in [-0.05, 0) is 19.9 Å². The average Bonchev–Trinajstić information content (AvgIpc) is 2.51. The summed E-state index contributed by atoms with van der Waals surface area (Å²) < 4.78 is 11.0. The lowest BCUT2D eigenvalue weighted by Crippen LogP contribution is -2.38. The van der Waals surface area contributed by atoms with E-state index in [-0.39, 0.29) is 24.2 Å². The van der Waals surface area contributed by atoms with Gasteiger partial charge in [0.25, 0.3) is 0 Å². The standard InChI is InChI=1S/C11H15NO4/c1-11(2)15-7-9(16-11)6-12-4-3-8(13)5-10(12)14/h3-4,9H,5-7H2,1-2H3. The molecule has 2 aliphatic heterocycles.